The predicted octanol–water partition coefficient (Wildman–Crippen LogP) is 7.53. The second kappa shape index (κ2) is 17.9. The van der Waals surface area contributed by atoms with E-state index in [0.717, 1.165) is 28.9 Å². The quantitative estimate of drug-likeness (QED) is 0.0622. The van der Waals surface area contributed by atoms with Gasteiger partial charge < -0.3 is 23.4 Å². The van der Waals surface area contributed by atoms with Crippen molar-refractivity contribution in [1.29, 1.82) is 0 Å². The number of allylic oxidation sites excluding steroid dienone is 1. The molecule has 6 nitrogen and oxygen atoms in total. The summed E-state index contributed by atoms with van der Waals surface area (Å²) in [5.41, 5.74) is 2.07. The Morgan fingerprint density at radius 1 is 0.688 bits per heavy atom. The van der Waals surface area contributed by atoms with Gasteiger partial charge in [0.2, 0.25) is 0 Å². The van der Waals surface area contributed by atoms with Gasteiger partial charge in [0.05, 0.1) is 46.2 Å². The van der Waals surface area contributed by atoms with Gasteiger partial charge in [-0.1, -0.05) is 119 Å². The number of ether oxygens (including phenoxy) is 4. The number of hydrogen-bond donors (Lipinski definition) is 0. The van der Waals surface area contributed by atoms with Crippen LogP contribution in [-0.2, 0) is 31.9 Å². The minimum atomic E-state index is -2.82. The molecule has 0 heterocycles. The molecule has 0 saturated heterocycles. The molecule has 48 heavy (non-hydrogen) atoms. The molecule has 0 fully saturated rings. The lowest BCUT2D eigenvalue weighted by Gasteiger charge is -2.44. The highest BCUT2D eigenvalue weighted by Gasteiger charge is 2.50. The number of aldehydes is 1. The Labute approximate surface area is 287 Å². The first kappa shape index (κ1) is 36.8. The van der Waals surface area contributed by atoms with E-state index in [9.17, 15) is 4.79 Å². The summed E-state index contributed by atoms with van der Waals surface area (Å²) < 4.78 is 31.4. The lowest BCUT2D eigenvalue weighted by molar-refractivity contribution is -0.104. The largest absolute Gasteiger partial charge is 0.497 e. The topological polar surface area (TPSA) is 63.2 Å². The highest BCUT2D eigenvalue weighted by molar-refractivity contribution is 6.99. The molecule has 0 N–H and O–H groups in total. The van der Waals surface area contributed by atoms with Gasteiger partial charge in [-0.05, 0) is 56.9 Å². The first-order chi connectivity index (χ1) is 23.2. The summed E-state index contributed by atoms with van der Waals surface area (Å²) in [7, 11) is 0.497. The maximum atomic E-state index is 11.3. The SMILES string of the molecule is COc1ccc(COC(CO[Si](c2ccccc2)(c2ccccc2)C(C)(C)C)C[C@@H](OCc2ccc(OC)cc2)C(C)C=CC=O)cc1. The first-order valence-corrected chi connectivity index (χ1v) is 18.5. The van der Waals surface area contributed by atoms with Gasteiger partial charge in [-0.15, -0.1) is 0 Å². The van der Waals surface area contributed by atoms with Crippen LogP contribution in [0.15, 0.2) is 121 Å². The lowest BCUT2D eigenvalue weighted by Crippen LogP contribution is -2.67. The smallest absolute Gasteiger partial charge is 0.261 e. The molecule has 4 aromatic carbocycles. The molecule has 3 atom stereocenters. The van der Waals surface area contributed by atoms with Crippen molar-refractivity contribution in [3.63, 3.8) is 0 Å². The molecule has 0 aliphatic heterocycles. The number of hydrogen-bond acceptors (Lipinski definition) is 6. The molecule has 0 bridgehead atoms. The molecule has 2 unspecified atom stereocenters. The van der Waals surface area contributed by atoms with Gasteiger partial charge in [-0.3, -0.25) is 4.79 Å². The molecular weight excluding hydrogens is 617 g/mol. The first-order valence-electron chi connectivity index (χ1n) is 16.6. The van der Waals surface area contributed by atoms with Crippen molar-refractivity contribution < 1.29 is 28.2 Å². The van der Waals surface area contributed by atoms with E-state index in [-0.39, 0.29) is 23.2 Å². The molecule has 0 amide bonds. The minimum absolute atomic E-state index is 0.0478. The number of methoxy groups -OCH3 is 2. The Morgan fingerprint density at radius 2 is 1.17 bits per heavy atom. The van der Waals surface area contributed by atoms with Gasteiger partial charge in [0.25, 0.3) is 8.32 Å². The van der Waals surface area contributed by atoms with E-state index in [4.69, 9.17) is 23.4 Å². The Hall–Kier alpha value is -4.01. The van der Waals surface area contributed by atoms with Crippen molar-refractivity contribution in [2.45, 2.75) is 64.6 Å². The molecule has 0 aromatic heterocycles. The normalized spacial score (nSPS) is 14.0. The highest BCUT2D eigenvalue weighted by atomic mass is 28.4. The van der Waals surface area contributed by atoms with Crippen LogP contribution in [-0.4, -0.2) is 47.6 Å². The van der Waals surface area contributed by atoms with Crippen LogP contribution in [0, 0.1) is 5.92 Å². The monoisotopic (exact) mass is 666 g/mol. The van der Waals surface area contributed by atoms with Crippen LogP contribution in [0.3, 0.4) is 0 Å². The predicted molar refractivity (Wildman–Crippen MR) is 196 cm³/mol. The summed E-state index contributed by atoms with van der Waals surface area (Å²) in [6.07, 6.45) is 4.26. The third kappa shape index (κ3) is 9.77. The fourth-order valence-corrected chi connectivity index (χ4v) is 10.7. The van der Waals surface area contributed by atoms with Crippen molar-refractivity contribution in [1.82, 2.24) is 0 Å². The standard InChI is InChI=1S/C41H50O6Si/c1-32(14-13-27-42)40(46-30-34-21-25-36(44-6)26-22-34)28-37(45-29-33-19-23-35(43-5)24-20-33)31-47-48(41(2,3)4,38-15-9-7-10-16-38)39-17-11-8-12-18-39/h7-27,32,37,40H,28-31H2,1-6H3/t32?,37?,40-/m1/s1. The number of rotatable bonds is 18. The van der Waals surface area contributed by atoms with Crippen molar-refractivity contribution in [2.24, 2.45) is 5.92 Å². The van der Waals surface area contributed by atoms with Gasteiger partial charge in [0, 0.05) is 12.3 Å². The zero-order valence-corrected chi connectivity index (χ0v) is 30.1. The number of benzene rings is 4. The van der Waals surface area contributed by atoms with Gasteiger partial charge in [0.15, 0.2) is 0 Å². The molecule has 4 rings (SSSR count). The van der Waals surface area contributed by atoms with E-state index in [1.54, 1.807) is 20.3 Å². The van der Waals surface area contributed by atoms with Crippen LogP contribution in [0.25, 0.3) is 0 Å². The van der Waals surface area contributed by atoms with E-state index in [2.05, 4.69) is 88.4 Å². The average Bonchev–Trinajstić information content (AvgIpc) is 3.11. The molecule has 7 heteroatoms. The number of carbonyl (C=O) groups is 1. The Balaban J connectivity index is 1.67. The minimum Gasteiger partial charge on any atom is -0.497 e. The van der Waals surface area contributed by atoms with E-state index >= 15 is 0 Å². The fourth-order valence-electron chi connectivity index (χ4n) is 6.06. The fraction of sp³-hybridized carbons (Fsp3) is 0.341. The highest BCUT2D eigenvalue weighted by Crippen LogP contribution is 2.37. The van der Waals surface area contributed by atoms with Gasteiger partial charge in [-0.25, -0.2) is 0 Å². The molecule has 254 valence electrons. The third-order valence-corrected chi connectivity index (χ3v) is 13.8. The number of carbonyl (C=O) groups excluding carboxylic acids is 1. The van der Waals surface area contributed by atoms with Crippen molar-refractivity contribution in [3.8, 4) is 11.5 Å². The molecular formula is C41H50O6Si. The average molecular weight is 667 g/mol. The van der Waals surface area contributed by atoms with E-state index in [0.29, 0.717) is 26.2 Å². The zero-order valence-electron chi connectivity index (χ0n) is 29.1. The van der Waals surface area contributed by atoms with E-state index < -0.39 is 8.32 Å². The summed E-state index contributed by atoms with van der Waals surface area (Å²) in [4.78, 5) is 11.3. The second-order valence-electron chi connectivity index (χ2n) is 13.1. The van der Waals surface area contributed by atoms with E-state index in [1.165, 1.54) is 10.4 Å². The molecule has 4 aromatic rings. The maximum Gasteiger partial charge on any atom is 0.261 e. The van der Waals surface area contributed by atoms with Crippen LogP contribution >= 0.6 is 0 Å². The molecule has 0 aliphatic carbocycles. The van der Waals surface area contributed by atoms with Crippen LogP contribution in [0.2, 0.25) is 5.04 Å². The maximum absolute atomic E-state index is 11.3. The zero-order chi connectivity index (χ0) is 34.4. The summed E-state index contributed by atoms with van der Waals surface area (Å²) in [5.74, 6) is 1.55. The second-order valence-corrected chi connectivity index (χ2v) is 17.4. The molecule has 0 saturated carbocycles. The third-order valence-electron chi connectivity index (χ3n) is 8.75. The van der Waals surface area contributed by atoms with Crippen LogP contribution in [0.5, 0.6) is 11.5 Å². The van der Waals surface area contributed by atoms with Gasteiger partial charge >= 0.3 is 0 Å². The Bertz CT molecular complexity index is 1490. The lowest BCUT2D eigenvalue weighted by atomic mass is 9.98. The molecule has 0 radical (unpaired) electrons. The van der Waals surface area contributed by atoms with Gasteiger partial charge in [0.1, 0.15) is 17.8 Å². The van der Waals surface area contributed by atoms with Crippen molar-refractivity contribution in [2.75, 3.05) is 20.8 Å². The van der Waals surface area contributed by atoms with Crippen molar-refractivity contribution >= 4 is 25.0 Å². The Morgan fingerprint density at radius 3 is 1.60 bits per heavy atom. The van der Waals surface area contributed by atoms with E-state index in [1.807, 2.05) is 54.6 Å². The summed E-state index contributed by atoms with van der Waals surface area (Å²) in [6.45, 7) is 10.1. The van der Waals surface area contributed by atoms with Gasteiger partial charge in [-0.2, -0.15) is 0 Å². The van der Waals surface area contributed by atoms with Crippen LogP contribution in [0.4, 0.5) is 0 Å². The van der Waals surface area contributed by atoms with Crippen LogP contribution in [0.1, 0.15) is 45.2 Å². The summed E-state index contributed by atoms with van der Waals surface area (Å²) in [6, 6.07) is 37.1. The molecule has 0 spiro atoms. The summed E-state index contributed by atoms with van der Waals surface area (Å²) in [5, 5.41) is 2.25. The molecule has 0 aliphatic rings. The van der Waals surface area contributed by atoms with Crippen molar-refractivity contribution in [3.05, 3.63) is 132 Å². The van der Waals surface area contributed by atoms with Crippen LogP contribution < -0.4 is 19.8 Å². The Kier molecular flexibility index (Phi) is 13.8. The summed E-state index contributed by atoms with van der Waals surface area (Å²) >= 11 is 0.